The van der Waals surface area contributed by atoms with Crippen LogP contribution in [0, 0.1) is 13.8 Å². The molecule has 2 rings (SSSR count). The van der Waals surface area contributed by atoms with E-state index in [0.29, 0.717) is 12.6 Å². The first-order chi connectivity index (χ1) is 8.22. The van der Waals surface area contributed by atoms with Crippen molar-refractivity contribution in [2.75, 3.05) is 18.1 Å². The van der Waals surface area contributed by atoms with E-state index in [1.54, 1.807) is 0 Å². The predicted octanol–water partition coefficient (Wildman–Crippen LogP) is 2.55. The molecule has 1 aliphatic rings. The van der Waals surface area contributed by atoms with Gasteiger partial charge in [0.1, 0.15) is 0 Å². The molecule has 0 aromatic heterocycles. The zero-order valence-corrected chi connectivity index (χ0v) is 10.8. The summed E-state index contributed by atoms with van der Waals surface area (Å²) in [6, 6.07) is 7.05. The molecule has 2 N–H and O–H groups in total. The summed E-state index contributed by atoms with van der Waals surface area (Å²) in [6.45, 7) is 6.04. The lowest BCUT2D eigenvalue weighted by Crippen LogP contribution is -2.43. The summed E-state index contributed by atoms with van der Waals surface area (Å²) >= 11 is 0. The molecule has 1 saturated heterocycles. The molecule has 0 amide bonds. The van der Waals surface area contributed by atoms with Crippen LogP contribution in [0.15, 0.2) is 18.2 Å². The van der Waals surface area contributed by atoms with E-state index in [-0.39, 0.29) is 0 Å². The Kier molecular flexibility index (Phi) is 4.02. The molecule has 94 valence electrons. The highest BCUT2D eigenvalue weighted by atomic mass is 16.6. The van der Waals surface area contributed by atoms with Crippen molar-refractivity contribution in [2.24, 2.45) is 5.90 Å². The topological polar surface area (TPSA) is 38.5 Å². The molecule has 1 aliphatic heterocycles. The van der Waals surface area contributed by atoms with Gasteiger partial charge in [-0.3, -0.25) is 0 Å². The second-order valence-electron chi connectivity index (χ2n) is 4.97. The maximum atomic E-state index is 5.24. The summed E-state index contributed by atoms with van der Waals surface area (Å²) in [4.78, 5) is 7.32. The van der Waals surface area contributed by atoms with Crippen LogP contribution < -0.4 is 10.8 Å². The molecule has 0 aliphatic carbocycles. The van der Waals surface area contributed by atoms with Gasteiger partial charge in [-0.25, -0.2) is 5.90 Å². The number of rotatable bonds is 3. The SMILES string of the molecule is Cc1ccc(C)c(N2CCCCC2CON)c1. The fourth-order valence-corrected chi connectivity index (χ4v) is 2.63. The molecule has 1 fully saturated rings. The van der Waals surface area contributed by atoms with E-state index in [9.17, 15) is 0 Å². The number of hydrogen-bond acceptors (Lipinski definition) is 3. The first-order valence-corrected chi connectivity index (χ1v) is 6.38. The minimum absolute atomic E-state index is 0.425. The van der Waals surface area contributed by atoms with Gasteiger partial charge in [-0.15, -0.1) is 0 Å². The second-order valence-corrected chi connectivity index (χ2v) is 4.97. The van der Waals surface area contributed by atoms with E-state index in [1.165, 1.54) is 36.1 Å². The summed E-state index contributed by atoms with van der Waals surface area (Å²) in [5.41, 5.74) is 3.98. The summed E-state index contributed by atoms with van der Waals surface area (Å²) in [7, 11) is 0. The number of aryl methyl sites for hydroxylation is 2. The minimum atomic E-state index is 0.425. The molecule has 3 nitrogen and oxygen atoms in total. The van der Waals surface area contributed by atoms with Crippen LogP contribution in [0.2, 0.25) is 0 Å². The average Bonchev–Trinajstić information content (AvgIpc) is 2.34. The van der Waals surface area contributed by atoms with Gasteiger partial charge in [0.15, 0.2) is 0 Å². The van der Waals surface area contributed by atoms with Crippen LogP contribution in [0.1, 0.15) is 30.4 Å². The van der Waals surface area contributed by atoms with E-state index >= 15 is 0 Å². The molecule has 1 unspecified atom stereocenters. The molecule has 0 saturated carbocycles. The number of hydrogen-bond donors (Lipinski definition) is 1. The van der Waals surface area contributed by atoms with Crippen molar-refractivity contribution in [1.82, 2.24) is 0 Å². The maximum Gasteiger partial charge on any atom is 0.0882 e. The lowest BCUT2D eigenvalue weighted by atomic mass is 10.00. The van der Waals surface area contributed by atoms with Crippen molar-refractivity contribution < 1.29 is 4.84 Å². The number of benzene rings is 1. The van der Waals surface area contributed by atoms with Crippen LogP contribution in [0.25, 0.3) is 0 Å². The van der Waals surface area contributed by atoms with E-state index in [2.05, 4.69) is 36.9 Å². The first kappa shape index (κ1) is 12.4. The molecular formula is C14H22N2O. The second kappa shape index (κ2) is 5.52. The molecule has 1 atom stereocenters. The molecule has 0 spiro atoms. The van der Waals surface area contributed by atoms with Gasteiger partial charge in [0.05, 0.1) is 12.6 Å². The fourth-order valence-electron chi connectivity index (χ4n) is 2.63. The highest BCUT2D eigenvalue weighted by Gasteiger charge is 2.23. The van der Waals surface area contributed by atoms with Crippen molar-refractivity contribution in [3.63, 3.8) is 0 Å². The largest absolute Gasteiger partial charge is 0.366 e. The van der Waals surface area contributed by atoms with Crippen LogP contribution in [0.4, 0.5) is 5.69 Å². The molecular weight excluding hydrogens is 212 g/mol. The lowest BCUT2D eigenvalue weighted by molar-refractivity contribution is 0.114. The quantitative estimate of drug-likeness (QED) is 0.817. The molecule has 1 heterocycles. The zero-order valence-electron chi connectivity index (χ0n) is 10.8. The lowest BCUT2D eigenvalue weighted by Gasteiger charge is -2.38. The van der Waals surface area contributed by atoms with Crippen molar-refractivity contribution in [1.29, 1.82) is 0 Å². The normalized spacial score (nSPS) is 20.6. The monoisotopic (exact) mass is 234 g/mol. The van der Waals surface area contributed by atoms with Crippen LogP contribution >= 0.6 is 0 Å². The predicted molar refractivity (Wildman–Crippen MR) is 71.0 cm³/mol. The van der Waals surface area contributed by atoms with E-state index in [0.717, 1.165) is 6.54 Å². The molecule has 0 bridgehead atoms. The number of nitrogens with zero attached hydrogens (tertiary/aromatic N) is 1. The third-order valence-corrected chi connectivity index (χ3v) is 3.59. The van der Waals surface area contributed by atoms with Crippen molar-refractivity contribution in [3.05, 3.63) is 29.3 Å². The summed E-state index contributed by atoms with van der Waals surface area (Å²) in [5, 5.41) is 0. The van der Waals surface area contributed by atoms with Gasteiger partial charge in [0, 0.05) is 12.2 Å². The Hall–Kier alpha value is -1.06. The minimum Gasteiger partial charge on any atom is -0.366 e. The van der Waals surface area contributed by atoms with Gasteiger partial charge < -0.3 is 9.74 Å². The van der Waals surface area contributed by atoms with Crippen LogP contribution in [0.5, 0.6) is 0 Å². The Morgan fingerprint density at radius 2 is 2.18 bits per heavy atom. The number of piperidine rings is 1. The molecule has 3 heteroatoms. The number of anilines is 1. The van der Waals surface area contributed by atoms with Gasteiger partial charge in [-0.1, -0.05) is 12.1 Å². The smallest absolute Gasteiger partial charge is 0.0882 e. The average molecular weight is 234 g/mol. The van der Waals surface area contributed by atoms with Crippen LogP contribution in [-0.2, 0) is 4.84 Å². The Morgan fingerprint density at radius 3 is 2.94 bits per heavy atom. The molecule has 1 aromatic carbocycles. The van der Waals surface area contributed by atoms with Crippen molar-refractivity contribution in [3.8, 4) is 0 Å². The van der Waals surface area contributed by atoms with Crippen molar-refractivity contribution >= 4 is 5.69 Å². The highest BCUT2D eigenvalue weighted by Crippen LogP contribution is 2.28. The summed E-state index contributed by atoms with van der Waals surface area (Å²) < 4.78 is 0. The summed E-state index contributed by atoms with van der Waals surface area (Å²) in [6.07, 6.45) is 3.70. The van der Waals surface area contributed by atoms with Gasteiger partial charge >= 0.3 is 0 Å². The Morgan fingerprint density at radius 1 is 1.35 bits per heavy atom. The summed E-state index contributed by atoms with van der Waals surface area (Å²) in [5.74, 6) is 5.24. The van der Waals surface area contributed by atoms with Gasteiger partial charge in [-0.2, -0.15) is 0 Å². The van der Waals surface area contributed by atoms with E-state index < -0.39 is 0 Å². The molecule has 0 radical (unpaired) electrons. The third kappa shape index (κ3) is 2.79. The first-order valence-electron chi connectivity index (χ1n) is 6.38. The Labute approximate surface area is 104 Å². The van der Waals surface area contributed by atoms with Crippen LogP contribution in [-0.4, -0.2) is 19.2 Å². The van der Waals surface area contributed by atoms with Gasteiger partial charge in [0.25, 0.3) is 0 Å². The highest BCUT2D eigenvalue weighted by molar-refractivity contribution is 5.56. The van der Waals surface area contributed by atoms with Crippen LogP contribution in [0.3, 0.4) is 0 Å². The number of nitrogens with two attached hydrogens (primary N) is 1. The van der Waals surface area contributed by atoms with E-state index in [4.69, 9.17) is 10.7 Å². The van der Waals surface area contributed by atoms with Crippen molar-refractivity contribution in [2.45, 2.75) is 39.2 Å². The standard InChI is InChI=1S/C14H22N2O/c1-11-6-7-12(2)14(9-11)16-8-4-3-5-13(16)10-17-15/h6-7,9,13H,3-5,8,10,15H2,1-2H3. The van der Waals surface area contributed by atoms with Gasteiger partial charge in [0.2, 0.25) is 0 Å². The third-order valence-electron chi connectivity index (χ3n) is 3.59. The van der Waals surface area contributed by atoms with E-state index in [1.807, 2.05) is 0 Å². The Balaban J connectivity index is 2.25. The fraction of sp³-hybridized carbons (Fsp3) is 0.571. The zero-order chi connectivity index (χ0) is 12.3. The molecule has 1 aromatic rings. The van der Waals surface area contributed by atoms with Gasteiger partial charge in [-0.05, 0) is 50.3 Å². The molecule has 17 heavy (non-hydrogen) atoms. The maximum absolute atomic E-state index is 5.24. The Bertz CT molecular complexity index is 376.